The number of aromatic nitrogens is 3. The summed E-state index contributed by atoms with van der Waals surface area (Å²) in [6, 6.07) is 8.55. The van der Waals surface area contributed by atoms with Crippen LogP contribution in [-0.2, 0) is 4.74 Å². The lowest BCUT2D eigenvalue weighted by atomic mass is 9.77. The summed E-state index contributed by atoms with van der Waals surface area (Å²) in [5.41, 5.74) is -0.850. The van der Waals surface area contributed by atoms with Crippen LogP contribution in [0.2, 0.25) is 0 Å². The van der Waals surface area contributed by atoms with E-state index in [1.807, 2.05) is 44.2 Å². The van der Waals surface area contributed by atoms with Crippen LogP contribution in [0.5, 0.6) is 0 Å². The summed E-state index contributed by atoms with van der Waals surface area (Å²) in [4.78, 5) is 25.7. The van der Waals surface area contributed by atoms with Crippen molar-refractivity contribution in [3.8, 4) is 5.69 Å². The Morgan fingerprint density at radius 1 is 0.909 bits per heavy atom. The fraction of sp³-hybridized carbons (Fsp3) is 0.375. The topological polar surface area (TPSA) is 61.5 Å². The number of epoxide rings is 1. The molecular weight excluding hydrogens is 282 g/mol. The molecule has 3 aliphatic heterocycles. The van der Waals surface area contributed by atoms with Crippen molar-refractivity contribution in [2.45, 2.75) is 37.1 Å². The molecule has 0 N–H and O–H groups in total. The molecule has 1 aromatic carbocycles. The summed E-state index contributed by atoms with van der Waals surface area (Å²) in [5, 5.41) is 0. The number of ether oxygens (including phenoxy) is 1. The van der Waals surface area contributed by atoms with Crippen LogP contribution >= 0.6 is 0 Å². The number of hydrogen-bond acceptors (Lipinski definition) is 3. The molecule has 1 aromatic heterocycles. The number of rotatable bonds is 1. The fourth-order valence-corrected chi connectivity index (χ4v) is 4.11. The molecule has 2 aromatic rings. The third-order valence-corrected chi connectivity index (χ3v) is 5.52. The number of para-hydroxylation sites is 1. The molecule has 0 saturated carbocycles. The van der Waals surface area contributed by atoms with Crippen LogP contribution in [0.15, 0.2) is 52.1 Å². The maximum atomic E-state index is 12.9. The second-order valence-corrected chi connectivity index (χ2v) is 6.52. The van der Waals surface area contributed by atoms with Crippen LogP contribution in [0.4, 0.5) is 0 Å². The van der Waals surface area contributed by atoms with Crippen molar-refractivity contribution in [3.63, 3.8) is 0 Å². The number of hydrogen-bond donors (Lipinski definition) is 0. The molecule has 4 heterocycles. The summed E-state index contributed by atoms with van der Waals surface area (Å²) in [5.74, 6) is 0. The molecule has 6 rings (SSSR count). The zero-order valence-electron chi connectivity index (χ0n) is 12.3. The van der Waals surface area contributed by atoms with Gasteiger partial charge in [0.15, 0.2) is 0 Å². The van der Waals surface area contributed by atoms with Crippen molar-refractivity contribution in [1.29, 1.82) is 0 Å². The summed E-state index contributed by atoms with van der Waals surface area (Å²) in [6.45, 7) is 4.02. The monoisotopic (exact) mass is 297 g/mol. The highest BCUT2D eigenvalue weighted by atomic mass is 16.6. The molecule has 6 nitrogen and oxygen atoms in total. The molecule has 112 valence electrons. The van der Waals surface area contributed by atoms with E-state index in [0.29, 0.717) is 5.69 Å². The Labute approximate surface area is 125 Å². The van der Waals surface area contributed by atoms with Gasteiger partial charge < -0.3 is 4.74 Å². The van der Waals surface area contributed by atoms with Crippen molar-refractivity contribution >= 4 is 0 Å². The van der Waals surface area contributed by atoms with E-state index in [2.05, 4.69) is 0 Å². The van der Waals surface area contributed by atoms with E-state index in [1.165, 1.54) is 4.57 Å². The molecule has 6 heteroatoms. The molecule has 1 aliphatic carbocycles. The SMILES string of the molecule is CC12OC1(C)[C@H]1C=C[C@@H]2n2c(=O)n(-c3ccccc3)c(=O)n21. The Kier molecular flexibility index (Phi) is 1.86. The first-order valence-electron chi connectivity index (χ1n) is 7.39. The maximum absolute atomic E-state index is 12.9. The van der Waals surface area contributed by atoms with Gasteiger partial charge in [0.1, 0.15) is 23.3 Å². The molecule has 4 aliphatic rings. The average Bonchev–Trinajstić information content (AvgIpc) is 3.04. The van der Waals surface area contributed by atoms with Crippen LogP contribution < -0.4 is 11.4 Å². The predicted octanol–water partition coefficient (Wildman–Crippen LogP) is 1.01. The first-order valence-corrected chi connectivity index (χ1v) is 7.39. The van der Waals surface area contributed by atoms with Crippen LogP contribution in [0, 0.1) is 0 Å². The van der Waals surface area contributed by atoms with E-state index in [0.717, 1.165) is 0 Å². The Morgan fingerprint density at radius 2 is 1.41 bits per heavy atom. The molecule has 22 heavy (non-hydrogen) atoms. The van der Waals surface area contributed by atoms with Crippen molar-refractivity contribution in [3.05, 3.63) is 63.5 Å². The van der Waals surface area contributed by atoms with E-state index in [-0.39, 0.29) is 23.5 Å². The van der Waals surface area contributed by atoms with Gasteiger partial charge >= 0.3 is 11.4 Å². The zero-order valence-corrected chi connectivity index (χ0v) is 12.3. The molecule has 1 saturated heterocycles. The van der Waals surface area contributed by atoms with Crippen molar-refractivity contribution in [2.75, 3.05) is 0 Å². The molecule has 1 fully saturated rings. The third kappa shape index (κ3) is 1.07. The number of nitrogens with zero attached hydrogens (tertiary/aromatic N) is 3. The van der Waals surface area contributed by atoms with Gasteiger partial charge in [-0.05, 0) is 26.0 Å². The molecule has 2 bridgehead atoms. The minimum atomic E-state index is -0.411. The van der Waals surface area contributed by atoms with Crippen LogP contribution in [0.3, 0.4) is 0 Å². The average molecular weight is 297 g/mol. The molecule has 4 atom stereocenters. The smallest absolute Gasteiger partial charge is 0.352 e. The van der Waals surface area contributed by atoms with Gasteiger partial charge in [0.2, 0.25) is 0 Å². The third-order valence-electron chi connectivity index (χ3n) is 5.52. The van der Waals surface area contributed by atoms with Crippen molar-refractivity contribution in [2.24, 2.45) is 0 Å². The maximum Gasteiger partial charge on any atom is 0.352 e. The minimum absolute atomic E-state index is 0.243. The summed E-state index contributed by atoms with van der Waals surface area (Å²) in [7, 11) is 0. The molecule has 0 amide bonds. The van der Waals surface area contributed by atoms with Gasteiger partial charge in [-0.15, -0.1) is 0 Å². The Balaban J connectivity index is 1.85. The fourth-order valence-electron chi connectivity index (χ4n) is 4.11. The van der Waals surface area contributed by atoms with Crippen LogP contribution in [-0.4, -0.2) is 25.1 Å². The number of benzene rings is 1. The molecule has 0 radical (unpaired) electrons. The Hall–Kier alpha value is -2.34. The minimum Gasteiger partial charge on any atom is -0.358 e. The lowest BCUT2D eigenvalue weighted by molar-refractivity contribution is 0.210. The Bertz CT molecular complexity index is 896. The van der Waals surface area contributed by atoms with E-state index in [9.17, 15) is 9.59 Å². The van der Waals surface area contributed by atoms with E-state index in [1.54, 1.807) is 21.5 Å². The standard InChI is InChI=1S/C16H15N3O3/c1-15-11-8-9-12(16(15,2)22-15)19-14(21)17(13(20)18(11)19)10-6-4-3-5-7-10/h3-9,11-12H,1-2H3/t11-,12+,15?,16?. The van der Waals surface area contributed by atoms with Gasteiger partial charge in [-0.2, -0.15) is 0 Å². The summed E-state index contributed by atoms with van der Waals surface area (Å²) < 4.78 is 10.3. The van der Waals surface area contributed by atoms with Gasteiger partial charge in [0.25, 0.3) is 0 Å². The van der Waals surface area contributed by atoms with Gasteiger partial charge in [0, 0.05) is 0 Å². The first kappa shape index (κ1) is 12.2. The highest BCUT2D eigenvalue weighted by Crippen LogP contribution is 2.64. The quantitative estimate of drug-likeness (QED) is 0.583. The normalized spacial score (nSPS) is 37.0. The summed E-state index contributed by atoms with van der Waals surface area (Å²) >= 11 is 0. The van der Waals surface area contributed by atoms with Gasteiger partial charge in [-0.3, -0.25) is 0 Å². The zero-order chi connectivity index (χ0) is 15.3. The second-order valence-electron chi connectivity index (χ2n) is 6.52. The van der Waals surface area contributed by atoms with Crippen molar-refractivity contribution in [1.82, 2.24) is 13.9 Å². The van der Waals surface area contributed by atoms with Gasteiger partial charge in [0.05, 0.1) is 5.69 Å². The Morgan fingerprint density at radius 3 is 1.91 bits per heavy atom. The molecule has 2 unspecified atom stereocenters. The highest BCUT2D eigenvalue weighted by molar-refractivity contribution is 5.36. The van der Waals surface area contributed by atoms with Crippen LogP contribution in [0.25, 0.3) is 5.69 Å². The van der Waals surface area contributed by atoms with Crippen molar-refractivity contribution < 1.29 is 4.74 Å². The molecule has 0 spiro atoms. The lowest BCUT2D eigenvalue weighted by Crippen LogP contribution is -2.52. The van der Waals surface area contributed by atoms with Gasteiger partial charge in [-0.25, -0.2) is 23.5 Å². The largest absolute Gasteiger partial charge is 0.358 e. The first-order chi connectivity index (χ1) is 10.5. The van der Waals surface area contributed by atoms with E-state index < -0.39 is 11.2 Å². The van der Waals surface area contributed by atoms with Crippen LogP contribution in [0.1, 0.15) is 25.9 Å². The van der Waals surface area contributed by atoms with E-state index >= 15 is 0 Å². The van der Waals surface area contributed by atoms with E-state index in [4.69, 9.17) is 4.74 Å². The lowest BCUT2D eigenvalue weighted by Gasteiger charge is -2.38. The molecular formula is C16H15N3O3. The van der Waals surface area contributed by atoms with Gasteiger partial charge in [-0.1, -0.05) is 30.4 Å². The predicted molar refractivity (Wildman–Crippen MR) is 79.4 cm³/mol. The second kappa shape index (κ2) is 3.35. The summed E-state index contributed by atoms with van der Waals surface area (Å²) in [6.07, 6.45) is 3.96. The highest BCUT2D eigenvalue weighted by Gasteiger charge is 2.76.